The molecule has 0 atom stereocenters. The van der Waals surface area contributed by atoms with Crippen LogP contribution in [0.5, 0.6) is 0 Å². The Bertz CT molecular complexity index is 193. The maximum Gasteiger partial charge on any atom is 0.278 e. The molecule has 40 valence electrons. The molecule has 0 heterocycles. The summed E-state index contributed by atoms with van der Waals surface area (Å²) in [6.07, 6.45) is 0. The molecule has 0 aromatic heterocycles. The van der Waals surface area contributed by atoms with Crippen molar-refractivity contribution in [2.75, 3.05) is 0 Å². The highest BCUT2D eigenvalue weighted by Gasteiger charge is 1.88. The van der Waals surface area contributed by atoms with Gasteiger partial charge in [0.15, 0.2) is 0 Å². The molecule has 5 heteroatoms. The van der Waals surface area contributed by atoms with Crippen molar-refractivity contribution >= 4 is 22.7 Å². The average molecular weight is 137 g/mol. The van der Waals surface area contributed by atoms with Gasteiger partial charge in [0.25, 0.3) is 10.0 Å². The van der Waals surface area contributed by atoms with Gasteiger partial charge in [-0.1, -0.05) is 12.6 Å². The van der Waals surface area contributed by atoms with Crippen molar-refractivity contribution in [1.29, 1.82) is 0 Å². The number of nitrogens with two attached hydrogens (primary N) is 1. The Balaban J connectivity index is 4.34. The fraction of sp³-hybridized carbons (Fsp3) is 0. The monoisotopic (exact) mass is 137 g/mol. The molecule has 3 nitrogen and oxygen atoms in total. The van der Waals surface area contributed by atoms with E-state index < -0.39 is 10.0 Å². The molecule has 0 aromatic carbocycles. The lowest BCUT2D eigenvalue weighted by atomic mass is 11.4. The van der Waals surface area contributed by atoms with E-state index in [0.29, 0.717) is 0 Å². The highest BCUT2D eigenvalue weighted by atomic mass is 32.2. The Labute approximate surface area is 47.4 Å². The first-order chi connectivity index (χ1) is 3.06. The van der Waals surface area contributed by atoms with Crippen LogP contribution in [0.2, 0.25) is 0 Å². The minimum Gasteiger partial charge on any atom is -0.218 e. The van der Waals surface area contributed by atoms with Crippen LogP contribution in [-0.2, 0) is 10.0 Å². The minimum atomic E-state index is -3.61. The molecule has 0 aliphatic carbocycles. The third-order valence-corrected chi connectivity index (χ3v) is 0.838. The van der Waals surface area contributed by atoms with Crippen molar-refractivity contribution < 1.29 is 8.42 Å². The number of hydrogen-bond donors (Lipinski definition) is 2. The molecule has 0 aromatic rings. The van der Waals surface area contributed by atoms with E-state index in [4.69, 9.17) is 0 Å². The molecular weight excluding hydrogens is 134 g/mol. The summed E-state index contributed by atoms with van der Waals surface area (Å²) in [6.45, 7) is 0. The molecular formula is C2H3NO2S2. The number of sulfonamides is 1. The van der Waals surface area contributed by atoms with E-state index in [2.05, 4.69) is 17.8 Å². The van der Waals surface area contributed by atoms with Crippen molar-refractivity contribution in [3.8, 4) is 10.5 Å². The molecule has 0 aliphatic heterocycles. The fourth-order valence-corrected chi connectivity index (χ4v) is 0.573. The van der Waals surface area contributed by atoms with Crippen LogP contribution in [0.4, 0.5) is 0 Å². The fourth-order valence-electron chi connectivity index (χ4n) is 0.0636. The van der Waals surface area contributed by atoms with Gasteiger partial charge in [-0.15, -0.1) is 0 Å². The van der Waals surface area contributed by atoms with Gasteiger partial charge in [-0.3, -0.25) is 0 Å². The molecule has 0 rings (SSSR count). The Morgan fingerprint density at radius 2 is 2.00 bits per heavy atom. The molecule has 0 amide bonds. The predicted molar refractivity (Wildman–Crippen MR) is 29.9 cm³/mol. The van der Waals surface area contributed by atoms with Crippen molar-refractivity contribution in [2.24, 2.45) is 5.14 Å². The second-order valence-corrected chi connectivity index (χ2v) is 2.28. The third kappa shape index (κ3) is 5.82. The first-order valence-corrected chi connectivity index (χ1v) is 3.24. The summed E-state index contributed by atoms with van der Waals surface area (Å²) in [4.78, 5) is 0. The lowest BCUT2D eigenvalue weighted by molar-refractivity contribution is 0.608. The van der Waals surface area contributed by atoms with E-state index in [1.165, 1.54) is 0 Å². The second-order valence-electron chi connectivity index (χ2n) is 0.759. The summed E-state index contributed by atoms with van der Waals surface area (Å²) in [5.74, 6) is 0. The van der Waals surface area contributed by atoms with Gasteiger partial charge < -0.3 is 0 Å². The van der Waals surface area contributed by atoms with Crippen LogP contribution in [0.1, 0.15) is 0 Å². The average Bonchev–Trinajstić information content (AvgIpc) is 1.30. The first-order valence-electron chi connectivity index (χ1n) is 1.25. The Morgan fingerprint density at radius 1 is 1.57 bits per heavy atom. The van der Waals surface area contributed by atoms with Crippen molar-refractivity contribution in [1.82, 2.24) is 0 Å². The quantitative estimate of drug-likeness (QED) is 0.336. The van der Waals surface area contributed by atoms with E-state index >= 15 is 0 Å². The topological polar surface area (TPSA) is 60.2 Å². The van der Waals surface area contributed by atoms with E-state index in [1.807, 2.05) is 5.25 Å². The van der Waals surface area contributed by atoms with Crippen LogP contribution in [-0.4, -0.2) is 8.42 Å². The zero-order valence-corrected chi connectivity index (χ0v) is 4.96. The Kier molecular flexibility index (Phi) is 2.15. The van der Waals surface area contributed by atoms with Gasteiger partial charge >= 0.3 is 0 Å². The SMILES string of the molecule is NS(=O)(=O)C#CS. The first kappa shape index (κ1) is 6.82. The number of thiol groups is 1. The predicted octanol–water partition coefficient (Wildman–Crippen LogP) is -0.877. The summed E-state index contributed by atoms with van der Waals surface area (Å²) in [7, 11) is -3.61. The summed E-state index contributed by atoms with van der Waals surface area (Å²) in [6, 6.07) is 0. The van der Waals surface area contributed by atoms with Gasteiger partial charge in [-0.25, -0.2) is 5.14 Å². The van der Waals surface area contributed by atoms with Crippen molar-refractivity contribution in [3.05, 3.63) is 0 Å². The second kappa shape index (κ2) is 2.21. The third-order valence-electron chi connectivity index (χ3n) is 0.188. The van der Waals surface area contributed by atoms with Crippen LogP contribution < -0.4 is 5.14 Å². The Hall–Kier alpha value is -0.180. The summed E-state index contributed by atoms with van der Waals surface area (Å²) in [5.41, 5.74) is 0. The van der Waals surface area contributed by atoms with Crippen molar-refractivity contribution in [2.45, 2.75) is 0 Å². The maximum atomic E-state index is 9.79. The van der Waals surface area contributed by atoms with Crippen LogP contribution in [0.3, 0.4) is 0 Å². The van der Waals surface area contributed by atoms with Gasteiger partial charge in [0.05, 0.1) is 5.25 Å². The zero-order valence-electron chi connectivity index (χ0n) is 3.25. The standard InChI is InChI=1S/C2H3NO2S2/c3-7(4,5)2-1-6/h6H,(H2,3,4,5). The van der Waals surface area contributed by atoms with E-state index in [9.17, 15) is 8.42 Å². The van der Waals surface area contributed by atoms with Gasteiger partial charge in [-0.2, -0.15) is 8.42 Å². The van der Waals surface area contributed by atoms with E-state index in [0.717, 1.165) is 0 Å². The molecule has 0 radical (unpaired) electrons. The zero-order chi connectivity index (χ0) is 5.91. The normalized spacial score (nSPS) is 9.43. The molecule has 0 saturated carbocycles. The Morgan fingerprint density at radius 3 is 2.00 bits per heavy atom. The molecule has 7 heavy (non-hydrogen) atoms. The highest BCUT2D eigenvalue weighted by molar-refractivity contribution is 7.95. The van der Waals surface area contributed by atoms with E-state index in [-0.39, 0.29) is 0 Å². The lowest BCUT2D eigenvalue weighted by Crippen LogP contribution is -2.07. The summed E-state index contributed by atoms with van der Waals surface area (Å²) < 4.78 is 19.6. The smallest absolute Gasteiger partial charge is 0.218 e. The lowest BCUT2D eigenvalue weighted by Gasteiger charge is -1.72. The van der Waals surface area contributed by atoms with Gasteiger partial charge in [-0.05, 0) is 5.25 Å². The van der Waals surface area contributed by atoms with Crippen LogP contribution in [0.25, 0.3) is 0 Å². The molecule has 0 aliphatic rings. The van der Waals surface area contributed by atoms with Crippen molar-refractivity contribution in [3.63, 3.8) is 0 Å². The van der Waals surface area contributed by atoms with Crippen LogP contribution >= 0.6 is 12.6 Å². The molecule has 0 spiro atoms. The van der Waals surface area contributed by atoms with Crippen LogP contribution in [0, 0.1) is 10.5 Å². The van der Waals surface area contributed by atoms with Gasteiger partial charge in [0.2, 0.25) is 0 Å². The van der Waals surface area contributed by atoms with E-state index in [1.54, 1.807) is 5.25 Å². The molecule has 0 fully saturated rings. The van der Waals surface area contributed by atoms with Gasteiger partial charge in [0.1, 0.15) is 0 Å². The van der Waals surface area contributed by atoms with Crippen LogP contribution in [0.15, 0.2) is 0 Å². The number of hydrogen-bond acceptors (Lipinski definition) is 3. The minimum absolute atomic E-state index is 1.65. The summed E-state index contributed by atoms with van der Waals surface area (Å²) in [5, 5.41) is 7.88. The highest BCUT2D eigenvalue weighted by Crippen LogP contribution is 1.69. The molecule has 2 N–H and O–H groups in total. The maximum absolute atomic E-state index is 9.79. The molecule has 0 saturated heterocycles. The largest absolute Gasteiger partial charge is 0.278 e. The summed E-state index contributed by atoms with van der Waals surface area (Å²) >= 11 is 3.29. The number of rotatable bonds is 0. The van der Waals surface area contributed by atoms with Gasteiger partial charge in [0, 0.05) is 0 Å². The molecule has 0 unspecified atom stereocenters. The molecule has 0 bridgehead atoms. The number of primary sulfonamides is 1.